The van der Waals surface area contributed by atoms with Gasteiger partial charge in [0, 0.05) is 12.6 Å². The van der Waals surface area contributed by atoms with E-state index in [1.54, 1.807) is 4.90 Å². The molecule has 7 heteroatoms. The van der Waals surface area contributed by atoms with Gasteiger partial charge < -0.3 is 9.64 Å². The fourth-order valence-electron chi connectivity index (χ4n) is 3.82. The number of benzene rings is 2. The van der Waals surface area contributed by atoms with Gasteiger partial charge in [-0.25, -0.2) is 17.9 Å². The predicted molar refractivity (Wildman–Crippen MR) is 119 cm³/mol. The zero-order valence-corrected chi connectivity index (χ0v) is 18.8. The summed E-state index contributed by atoms with van der Waals surface area (Å²) in [7, 11) is -3.40. The van der Waals surface area contributed by atoms with E-state index in [-0.39, 0.29) is 12.1 Å². The summed E-state index contributed by atoms with van der Waals surface area (Å²) in [5.74, 6) is 0. The number of amides is 1. The van der Waals surface area contributed by atoms with Crippen LogP contribution in [0.2, 0.25) is 0 Å². The van der Waals surface area contributed by atoms with E-state index in [4.69, 9.17) is 4.74 Å². The van der Waals surface area contributed by atoms with Crippen LogP contribution in [0.4, 0.5) is 4.79 Å². The number of carbonyl (C=O) groups is 1. The molecular formula is C23H30N2O4S. The standard InChI is InChI=1S/C23H30N2O4S/c1-23(2,3)29-22(26)25-14-13-20(24-30(4,27)28)21(25)16-17-9-8-12-19(15-17)18-10-6-5-7-11-18/h5-12,15,20-21,24H,13-14,16H2,1-4H3/t20-,21-/m1/s1. The molecule has 0 bridgehead atoms. The molecule has 1 fully saturated rings. The fourth-order valence-corrected chi connectivity index (χ4v) is 4.64. The van der Waals surface area contributed by atoms with Crippen molar-refractivity contribution in [2.45, 2.75) is 51.3 Å². The second-order valence-electron chi connectivity index (χ2n) is 8.80. The van der Waals surface area contributed by atoms with E-state index in [0.29, 0.717) is 19.4 Å². The van der Waals surface area contributed by atoms with Gasteiger partial charge in [0.2, 0.25) is 10.0 Å². The first-order chi connectivity index (χ1) is 14.0. The Bertz CT molecular complexity index is 984. The number of nitrogens with one attached hydrogen (secondary N) is 1. The van der Waals surface area contributed by atoms with E-state index < -0.39 is 21.7 Å². The summed E-state index contributed by atoms with van der Waals surface area (Å²) < 4.78 is 32.0. The van der Waals surface area contributed by atoms with Crippen molar-refractivity contribution in [3.63, 3.8) is 0 Å². The summed E-state index contributed by atoms with van der Waals surface area (Å²) in [5, 5.41) is 0. The van der Waals surface area contributed by atoms with Crippen molar-refractivity contribution in [2.75, 3.05) is 12.8 Å². The predicted octanol–water partition coefficient (Wildman–Crippen LogP) is 3.82. The molecule has 162 valence electrons. The average Bonchev–Trinajstić information content (AvgIpc) is 3.02. The maximum atomic E-state index is 12.8. The van der Waals surface area contributed by atoms with Gasteiger partial charge in [0.15, 0.2) is 0 Å². The highest BCUT2D eigenvalue weighted by Gasteiger charge is 2.40. The third-order valence-corrected chi connectivity index (χ3v) is 5.75. The second-order valence-corrected chi connectivity index (χ2v) is 10.6. The van der Waals surface area contributed by atoms with Crippen LogP contribution in [0.5, 0.6) is 0 Å². The Morgan fingerprint density at radius 1 is 1.10 bits per heavy atom. The number of carbonyl (C=O) groups excluding carboxylic acids is 1. The third kappa shape index (κ3) is 6.06. The average molecular weight is 431 g/mol. The summed E-state index contributed by atoms with van der Waals surface area (Å²) in [6.45, 7) is 5.92. The Hall–Kier alpha value is -2.38. The molecule has 0 unspecified atom stereocenters. The quantitative estimate of drug-likeness (QED) is 0.782. The molecule has 0 radical (unpaired) electrons. The van der Waals surface area contributed by atoms with Crippen LogP contribution in [0.1, 0.15) is 32.8 Å². The fraction of sp³-hybridized carbons (Fsp3) is 0.435. The first-order valence-electron chi connectivity index (χ1n) is 10.1. The highest BCUT2D eigenvalue weighted by atomic mass is 32.2. The minimum atomic E-state index is -3.40. The topological polar surface area (TPSA) is 75.7 Å². The number of hydrogen-bond donors (Lipinski definition) is 1. The molecule has 1 aliphatic rings. The molecule has 0 aliphatic carbocycles. The highest BCUT2D eigenvalue weighted by Crippen LogP contribution is 2.27. The summed E-state index contributed by atoms with van der Waals surface area (Å²) in [6, 6.07) is 17.5. The molecule has 2 atom stereocenters. The van der Waals surface area contributed by atoms with Crippen molar-refractivity contribution in [3.05, 3.63) is 60.2 Å². The maximum Gasteiger partial charge on any atom is 0.410 e. The van der Waals surface area contributed by atoms with Gasteiger partial charge in [-0.05, 0) is 50.3 Å². The van der Waals surface area contributed by atoms with Gasteiger partial charge >= 0.3 is 6.09 Å². The molecule has 1 amide bonds. The van der Waals surface area contributed by atoms with Crippen LogP contribution in [0, 0.1) is 0 Å². The largest absolute Gasteiger partial charge is 0.444 e. The number of rotatable bonds is 5. The lowest BCUT2D eigenvalue weighted by molar-refractivity contribution is 0.0218. The molecule has 1 aliphatic heterocycles. The van der Waals surface area contributed by atoms with Gasteiger partial charge in [0.25, 0.3) is 0 Å². The maximum absolute atomic E-state index is 12.8. The van der Waals surface area contributed by atoms with Crippen LogP contribution in [0.3, 0.4) is 0 Å². The number of sulfonamides is 1. The zero-order valence-electron chi connectivity index (χ0n) is 18.0. The zero-order chi connectivity index (χ0) is 21.9. The van der Waals surface area contributed by atoms with Crippen LogP contribution in [-0.4, -0.2) is 49.9 Å². The first kappa shape index (κ1) is 22.3. The first-order valence-corrected chi connectivity index (χ1v) is 12.0. The molecule has 0 spiro atoms. The lowest BCUT2D eigenvalue weighted by Crippen LogP contribution is -2.48. The minimum Gasteiger partial charge on any atom is -0.444 e. The minimum absolute atomic E-state index is 0.319. The van der Waals surface area contributed by atoms with Gasteiger partial charge in [0.1, 0.15) is 5.60 Å². The number of nitrogens with zero attached hydrogens (tertiary/aromatic N) is 1. The van der Waals surface area contributed by atoms with E-state index in [0.717, 1.165) is 22.9 Å². The van der Waals surface area contributed by atoms with E-state index in [9.17, 15) is 13.2 Å². The Kier molecular flexibility index (Phi) is 6.53. The number of likely N-dealkylation sites (tertiary alicyclic amines) is 1. The van der Waals surface area contributed by atoms with Crippen molar-refractivity contribution in [1.82, 2.24) is 9.62 Å². The molecule has 2 aromatic rings. The number of ether oxygens (including phenoxy) is 1. The van der Waals surface area contributed by atoms with E-state index in [2.05, 4.69) is 22.9 Å². The van der Waals surface area contributed by atoms with Crippen molar-refractivity contribution < 1.29 is 17.9 Å². The molecule has 2 aromatic carbocycles. The lowest BCUT2D eigenvalue weighted by atomic mass is 9.97. The van der Waals surface area contributed by atoms with Crippen LogP contribution < -0.4 is 4.72 Å². The van der Waals surface area contributed by atoms with Crippen molar-refractivity contribution in [2.24, 2.45) is 0 Å². The van der Waals surface area contributed by atoms with Gasteiger partial charge in [-0.15, -0.1) is 0 Å². The molecule has 1 saturated heterocycles. The van der Waals surface area contributed by atoms with Gasteiger partial charge in [0.05, 0.1) is 12.3 Å². The second kappa shape index (κ2) is 8.78. The van der Waals surface area contributed by atoms with Gasteiger partial charge in [-0.2, -0.15) is 0 Å². The van der Waals surface area contributed by atoms with Crippen LogP contribution in [-0.2, 0) is 21.2 Å². The van der Waals surface area contributed by atoms with Crippen molar-refractivity contribution >= 4 is 16.1 Å². The van der Waals surface area contributed by atoms with Crippen LogP contribution in [0.15, 0.2) is 54.6 Å². The summed E-state index contributed by atoms with van der Waals surface area (Å²) in [5.41, 5.74) is 2.62. The van der Waals surface area contributed by atoms with Crippen LogP contribution >= 0.6 is 0 Å². The Labute approximate surface area is 179 Å². The normalized spacial score (nSPS) is 19.7. The number of hydrogen-bond acceptors (Lipinski definition) is 4. The van der Waals surface area contributed by atoms with Crippen LogP contribution in [0.25, 0.3) is 11.1 Å². The molecule has 6 nitrogen and oxygen atoms in total. The summed E-state index contributed by atoms with van der Waals surface area (Å²) in [4.78, 5) is 14.4. The molecule has 1 N–H and O–H groups in total. The van der Waals surface area contributed by atoms with Gasteiger partial charge in [-0.3, -0.25) is 0 Å². The molecular weight excluding hydrogens is 400 g/mol. The smallest absolute Gasteiger partial charge is 0.410 e. The SMILES string of the molecule is CC(C)(C)OC(=O)N1CC[C@@H](NS(C)(=O)=O)[C@H]1Cc1cccc(-c2ccccc2)c1. The Balaban J connectivity index is 1.86. The Morgan fingerprint density at radius 2 is 1.77 bits per heavy atom. The van der Waals surface area contributed by atoms with Gasteiger partial charge in [-0.1, -0.05) is 54.6 Å². The lowest BCUT2D eigenvalue weighted by Gasteiger charge is -2.31. The van der Waals surface area contributed by atoms with Crippen molar-refractivity contribution in [1.29, 1.82) is 0 Å². The monoisotopic (exact) mass is 430 g/mol. The van der Waals surface area contributed by atoms with E-state index in [1.807, 2.05) is 57.2 Å². The summed E-state index contributed by atoms with van der Waals surface area (Å²) in [6.07, 6.45) is 1.82. The molecule has 0 aromatic heterocycles. The molecule has 3 rings (SSSR count). The third-order valence-electron chi connectivity index (χ3n) is 5.02. The van der Waals surface area contributed by atoms with Crippen molar-refractivity contribution in [3.8, 4) is 11.1 Å². The highest BCUT2D eigenvalue weighted by molar-refractivity contribution is 7.88. The van der Waals surface area contributed by atoms with E-state index >= 15 is 0 Å². The summed E-state index contributed by atoms with van der Waals surface area (Å²) >= 11 is 0. The van der Waals surface area contributed by atoms with E-state index in [1.165, 1.54) is 0 Å². The Morgan fingerprint density at radius 3 is 2.40 bits per heavy atom. The molecule has 30 heavy (non-hydrogen) atoms. The molecule has 1 heterocycles. The molecule has 0 saturated carbocycles.